The van der Waals surface area contributed by atoms with Crippen LogP contribution in [0.5, 0.6) is 0 Å². The number of anilines is 1. The van der Waals surface area contributed by atoms with Crippen molar-refractivity contribution in [1.82, 2.24) is 15.5 Å². The molecule has 1 fully saturated rings. The molecular formula is C15H20N4O. The topological polar surface area (TPSA) is 54.2 Å². The quantitative estimate of drug-likeness (QED) is 0.907. The number of piperazine rings is 1. The van der Waals surface area contributed by atoms with Crippen LogP contribution in [0, 0.1) is 20.8 Å². The molecule has 1 N–H and O–H groups in total. The lowest BCUT2D eigenvalue weighted by Crippen LogP contribution is -2.44. The van der Waals surface area contributed by atoms with Gasteiger partial charge in [-0.2, -0.15) is 4.98 Å². The lowest BCUT2D eigenvalue weighted by atomic mass is 10.0. The summed E-state index contributed by atoms with van der Waals surface area (Å²) in [4.78, 5) is 6.72. The summed E-state index contributed by atoms with van der Waals surface area (Å²) in [5.74, 6) is 1.31. The summed E-state index contributed by atoms with van der Waals surface area (Å²) in [6.07, 6.45) is 0. The van der Waals surface area contributed by atoms with E-state index >= 15 is 0 Å². The Labute approximate surface area is 119 Å². The van der Waals surface area contributed by atoms with Crippen molar-refractivity contribution in [3.8, 4) is 11.5 Å². The van der Waals surface area contributed by atoms with Crippen molar-refractivity contribution in [3.05, 3.63) is 28.8 Å². The van der Waals surface area contributed by atoms with Crippen molar-refractivity contribution in [2.45, 2.75) is 20.8 Å². The van der Waals surface area contributed by atoms with E-state index < -0.39 is 0 Å². The maximum atomic E-state index is 5.47. The van der Waals surface area contributed by atoms with Crippen molar-refractivity contribution in [1.29, 1.82) is 0 Å². The Morgan fingerprint density at radius 2 is 1.90 bits per heavy atom. The van der Waals surface area contributed by atoms with Crippen LogP contribution in [0.1, 0.15) is 16.7 Å². The molecule has 1 saturated heterocycles. The molecule has 1 aromatic heterocycles. The highest BCUT2D eigenvalue weighted by atomic mass is 16.5. The first-order valence-electron chi connectivity index (χ1n) is 7.03. The van der Waals surface area contributed by atoms with Crippen LogP contribution < -0.4 is 10.2 Å². The molecule has 0 unspecified atom stereocenters. The molecule has 0 spiro atoms. The van der Waals surface area contributed by atoms with Gasteiger partial charge in [-0.05, 0) is 43.1 Å². The van der Waals surface area contributed by atoms with Crippen LogP contribution in [0.4, 0.5) is 5.95 Å². The molecule has 5 nitrogen and oxygen atoms in total. The first-order valence-corrected chi connectivity index (χ1v) is 7.03. The third-order valence-electron chi connectivity index (χ3n) is 3.86. The zero-order valence-corrected chi connectivity index (χ0v) is 12.2. The summed E-state index contributed by atoms with van der Waals surface area (Å²) >= 11 is 0. The SMILES string of the molecule is Cc1cc(C)c(C)c(-c2nc(N3CCNCC3)no2)c1. The molecule has 2 heterocycles. The van der Waals surface area contributed by atoms with Gasteiger partial charge in [0.2, 0.25) is 0 Å². The molecule has 3 rings (SSSR count). The highest BCUT2D eigenvalue weighted by Crippen LogP contribution is 2.27. The maximum Gasteiger partial charge on any atom is 0.266 e. The second-order valence-electron chi connectivity index (χ2n) is 5.39. The average molecular weight is 272 g/mol. The molecule has 1 aliphatic heterocycles. The molecule has 1 aliphatic rings. The van der Waals surface area contributed by atoms with E-state index in [1.165, 1.54) is 16.7 Å². The lowest BCUT2D eigenvalue weighted by Gasteiger charge is -2.25. The summed E-state index contributed by atoms with van der Waals surface area (Å²) in [6, 6.07) is 4.28. The van der Waals surface area contributed by atoms with Gasteiger partial charge >= 0.3 is 0 Å². The predicted octanol–water partition coefficient (Wildman–Crippen LogP) is 2.07. The first-order chi connectivity index (χ1) is 9.65. The minimum Gasteiger partial charge on any atom is -0.336 e. The number of aromatic nitrogens is 2. The summed E-state index contributed by atoms with van der Waals surface area (Å²) in [5, 5.41) is 7.45. The third-order valence-corrected chi connectivity index (χ3v) is 3.86. The number of hydrogen-bond acceptors (Lipinski definition) is 5. The van der Waals surface area contributed by atoms with Crippen molar-refractivity contribution >= 4 is 5.95 Å². The highest BCUT2D eigenvalue weighted by molar-refractivity contribution is 5.62. The van der Waals surface area contributed by atoms with Crippen LogP contribution in [0.25, 0.3) is 11.5 Å². The molecule has 0 amide bonds. The smallest absolute Gasteiger partial charge is 0.266 e. The van der Waals surface area contributed by atoms with Crippen LogP contribution in [-0.2, 0) is 0 Å². The van der Waals surface area contributed by atoms with Crippen molar-refractivity contribution in [2.75, 3.05) is 31.1 Å². The van der Waals surface area contributed by atoms with Crippen LogP contribution in [0.2, 0.25) is 0 Å². The fourth-order valence-electron chi connectivity index (χ4n) is 2.58. The second-order valence-corrected chi connectivity index (χ2v) is 5.39. The van der Waals surface area contributed by atoms with E-state index in [1.807, 2.05) is 0 Å². The van der Waals surface area contributed by atoms with Gasteiger partial charge in [-0.25, -0.2) is 0 Å². The Balaban J connectivity index is 1.93. The molecule has 1 aromatic carbocycles. The summed E-state index contributed by atoms with van der Waals surface area (Å²) in [7, 11) is 0. The van der Waals surface area contributed by atoms with E-state index in [0.717, 1.165) is 31.7 Å². The molecule has 0 saturated carbocycles. The van der Waals surface area contributed by atoms with Crippen LogP contribution >= 0.6 is 0 Å². The average Bonchev–Trinajstić information content (AvgIpc) is 2.93. The van der Waals surface area contributed by atoms with E-state index in [2.05, 4.69) is 53.3 Å². The fraction of sp³-hybridized carbons (Fsp3) is 0.467. The molecule has 0 bridgehead atoms. The Morgan fingerprint density at radius 3 is 2.65 bits per heavy atom. The fourth-order valence-corrected chi connectivity index (χ4v) is 2.58. The normalized spacial score (nSPS) is 15.7. The van der Waals surface area contributed by atoms with Crippen LogP contribution in [0.15, 0.2) is 16.7 Å². The zero-order chi connectivity index (χ0) is 14.1. The maximum absolute atomic E-state index is 5.47. The van der Waals surface area contributed by atoms with Gasteiger partial charge in [-0.1, -0.05) is 11.6 Å². The second kappa shape index (κ2) is 5.25. The number of aryl methyl sites for hydroxylation is 2. The largest absolute Gasteiger partial charge is 0.336 e. The standard InChI is InChI=1S/C15H20N4O/c1-10-8-11(2)12(3)13(9-10)14-17-15(18-20-14)19-6-4-16-5-7-19/h8-9,16H,4-7H2,1-3H3. The Morgan fingerprint density at radius 1 is 1.15 bits per heavy atom. The van der Waals surface area contributed by atoms with Gasteiger partial charge in [0.15, 0.2) is 0 Å². The monoisotopic (exact) mass is 272 g/mol. The van der Waals surface area contributed by atoms with Gasteiger partial charge in [-0.15, -0.1) is 0 Å². The van der Waals surface area contributed by atoms with E-state index in [1.54, 1.807) is 0 Å². The Kier molecular flexibility index (Phi) is 3.44. The van der Waals surface area contributed by atoms with Crippen molar-refractivity contribution in [2.24, 2.45) is 0 Å². The van der Waals surface area contributed by atoms with E-state index in [4.69, 9.17) is 4.52 Å². The Hall–Kier alpha value is -1.88. The molecule has 0 radical (unpaired) electrons. The summed E-state index contributed by atoms with van der Waals surface area (Å²) in [6.45, 7) is 10.1. The van der Waals surface area contributed by atoms with E-state index in [9.17, 15) is 0 Å². The molecule has 0 aliphatic carbocycles. The number of nitrogens with zero attached hydrogens (tertiary/aromatic N) is 3. The summed E-state index contributed by atoms with van der Waals surface area (Å²) < 4.78 is 5.47. The molecule has 5 heteroatoms. The number of benzene rings is 1. The van der Waals surface area contributed by atoms with Gasteiger partial charge in [0, 0.05) is 31.7 Å². The van der Waals surface area contributed by atoms with Gasteiger partial charge in [0.1, 0.15) is 0 Å². The number of hydrogen-bond donors (Lipinski definition) is 1. The highest BCUT2D eigenvalue weighted by Gasteiger charge is 2.18. The predicted molar refractivity (Wildman–Crippen MR) is 79.0 cm³/mol. The van der Waals surface area contributed by atoms with Crippen LogP contribution in [-0.4, -0.2) is 36.3 Å². The molecule has 2 aromatic rings. The van der Waals surface area contributed by atoms with Gasteiger partial charge in [0.05, 0.1) is 0 Å². The van der Waals surface area contributed by atoms with E-state index in [-0.39, 0.29) is 0 Å². The zero-order valence-electron chi connectivity index (χ0n) is 12.2. The molecule has 0 atom stereocenters. The minimum absolute atomic E-state index is 0.614. The first kappa shape index (κ1) is 13.1. The minimum atomic E-state index is 0.614. The van der Waals surface area contributed by atoms with Gasteiger partial charge in [-0.3, -0.25) is 0 Å². The van der Waals surface area contributed by atoms with E-state index in [0.29, 0.717) is 11.8 Å². The van der Waals surface area contributed by atoms with Gasteiger partial charge < -0.3 is 14.7 Å². The molecular weight excluding hydrogens is 252 g/mol. The lowest BCUT2D eigenvalue weighted by molar-refractivity contribution is 0.427. The van der Waals surface area contributed by atoms with Crippen molar-refractivity contribution in [3.63, 3.8) is 0 Å². The van der Waals surface area contributed by atoms with Gasteiger partial charge in [0.25, 0.3) is 11.8 Å². The van der Waals surface area contributed by atoms with Crippen LogP contribution in [0.3, 0.4) is 0 Å². The number of nitrogens with one attached hydrogen (secondary N) is 1. The summed E-state index contributed by atoms with van der Waals surface area (Å²) in [5.41, 5.74) is 4.70. The Bertz CT molecular complexity index is 614. The molecule has 20 heavy (non-hydrogen) atoms. The third kappa shape index (κ3) is 2.41. The number of rotatable bonds is 2. The van der Waals surface area contributed by atoms with Crippen molar-refractivity contribution < 1.29 is 4.52 Å². The molecule has 106 valence electrons.